The number of ether oxygens (including phenoxy) is 1. The summed E-state index contributed by atoms with van der Waals surface area (Å²) in [6.07, 6.45) is 7.14. The van der Waals surface area contributed by atoms with Gasteiger partial charge in [0, 0.05) is 4.32 Å². The van der Waals surface area contributed by atoms with Crippen LogP contribution in [0.15, 0.2) is 0 Å². The molecule has 96 valence electrons. The Morgan fingerprint density at radius 2 is 1.94 bits per heavy atom. The second-order valence-electron chi connectivity index (χ2n) is 6.48. The molecule has 0 heterocycles. The minimum Gasteiger partial charge on any atom is -0.468 e. The molecule has 0 aliphatic heterocycles. The summed E-state index contributed by atoms with van der Waals surface area (Å²) >= 11 is 3.92. The van der Waals surface area contributed by atoms with Gasteiger partial charge < -0.3 is 10.5 Å². The molecule has 4 heteroatoms. The van der Waals surface area contributed by atoms with Crippen LogP contribution in [0, 0.1) is 17.3 Å². The van der Waals surface area contributed by atoms with Gasteiger partial charge in [-0.05, 0) is 55.8 Å². The minimum absolute atomic E-state index is 0.000671. The zero-order valence-corrected chi connectivity index (χ0v) is 11.8. The predicted octanol–water partition coefficient (Wildman–Crippen LogP) is 2.22. The fourth-order valence-electron chi connectivity index (χ4n) is 4.96. The fraction of sp³-hybridized carbons (Fsp3) is 0.923. The Morgan fingerprint density at radius 1 is 1.35 bits per heavy atom. The monoisotopic (exact) mass is 301 g/mol. The van der Waals surface area contributed by atoms with Crippen LogP contribution < -0.4 is 5.73 Å². The number of rotatable bonds is 2. The third kappa shape index (κ3) is 1.75. The molecule has 4 aliphatic rings. The molecule has 0 aromatic heterocycles. The van der Waals surface area contributed by atoms with Crippen molar-refractivity contribution < 1.29 is 9.53 Å². The van der Waals surface area contributed by atoms with Crippen LogP contribution in [0.4, 0.5) is 0 Å². The highest BCUT2D eigenvalue weighted by Gasteiger charge is 2.60. The summed E-state index contributed by atoms with van der Waals surface area (Å²) in [4.78, 5) is 11.8. The summed E-state index contributed by atoms with van der Waals surface area (Å²) in [5.41, 5.74) is 6.19. The third-order valence-electron chi connectivity index (χ3n) is 5.15. The average molecular weight is 302 g/mol. The fourth-order valence-corrected chi connectivity index (χ4v) is 6.43. The lowest BCUT2D eigenvalue weighted by molar-refractivity contribution is -0.151. The number of esters is 1. The summed E-state index contributed by atoms with van der Waals surface area (Å²) in [6, 6.07) is -0.435. The normalized spacial score (nSPS) is 49.1. The molecule has 0 aromatic carbocycles. The maximum atomic E-state index is 11.8. The van der Waals surface area contributed by atoms with Crippen molar-refractivity contribution in [1.29, 1.82) is 0 Å². The highest BCUT2D eigenvalue weighted by molar-refractivity contribution is 9.10. The lowest BCUT2D eigenvalue weighted by Gasteiger charge is -2.61. The van der Waals surface area contributed by atoms with E-state index in [0.29, 0.717) is 0 Å². The van der Waals surface area contributed by atoms with Crippen molar-refractivity contribution in [3.63, 3.8) is 0 Å². The first-order valence-electron chi connectivity index (χ1n) is 6.49. The maximum absolute atomic E-state index is 11.8. The van der Waals surface area contributed by atoms with E-state index in [1.165, 1.54) is 26.4 Å². The van der Waals surface area contributed by atoms with Gasteiger partial charge >= 0.3 is 5.97 Å². The Kier molecular flexibility index (Phi) is 2.61. The highest BCUT2D eigenvalue weighted by Crippen LogP contribution is 2.65. The van der Waals surface area contributed by atoms with Crippen LogP contribution in [-0.2, 0) is 9.53 Å². The largest absolute Gasteiger partial charge is 0.468 e. The smallest absolute Gasteiger partial charge is 0.323 e. The third-order valence-corrected chi connectivity index (χ3v) is 6.08. The van der Waals surface area contributed by atoms with Crippen LogP contribution >= 0.6 is 15.9 Å². The summed E-state index contributed by atoms with van der Waals surface area (Å²) in [7, 11) is 1.44. The molecule has 0 amide bonds. The van der Waals surface area contributed by atoms with E-state index in [9.17, 15) is 4.79 Å². The molecule has 0 unspecified atom stereocenters. The first-order valence-corrected chi connectivity index (χ1v) is 7.28. The van der Waals surface area contributed by atoms with Crippen molar-refractivity contribution in [1.82, 2.24) is 0 Å². The summed E-state index contributed by atoms with van der Waals surface area (Å²) < 4.78 is 5.11. The van der Waals surface area contributed by atoms with Crippen molar-refractivity contribution in [2.75, 3.05) is 7.11 Å². The van der Waals surface area contributed by atoms with Gasteiger partial charge in [-0.3, -0.25) is 4.79 Å². The minimum atomic E-state index is -0.435. The molecule has 4 saturated carbocycles. The van der Waals surface area contributed by atoms with Gasteiger partial charge in [0.25, 0.3) is 0 Å². The molecule has 4 aliphatic carbocycles. The molecule has 0 saturated heterocycles. The predicted molar refractivity (Wildman–Crippen MR) is 68.8 cm³/mol. The van der Waals surface area contributed by atoms with E-state index in [-0.39, 0.29) is 15.7 Å². The van der Waals surface area contributed by atoms with E-state index >= 15 is 0 Å². The molecule has 2 N–H and O–H groups in total. The van der Waals surface area contributed by atoms with Crippen LogP contribution in [0.3, 0.4) is 0 Å². The van der Waals surface area contributed by atoms with E-state index in [4.69, 9.17) is 10.5 Å². The van der Waals surface area contributed by atoms with Gasteiger partial charge in [0.15, 0.2) is 0 Å². The molecule has 0 aromatic rings. The lowest BCUT2D eigenvalue weighted by atomic mass is 9.47. The molecule has 3 atom stereocenters. The Hall–Kier alpha value is -0.0900. The number of alkyl halides is 1. The maximum Gasteiger partial charge on any atom is 0.323 e. The van der Waals surface area contributed by atoms with Gasteiger partial charge in [0.05, 0.1) is 7.11 Å². The average Bonchev–Trinajstić information content (AvgIpc) is 2.23. The van der Waals surface area contributed by atoms with Crippen LogP contribution in [-0.4, -0.2) is 23.4 Å². The van der Waals surface area contributed by atoms with Crippen LogP contribution in [0.25, 0.3) is 0 Å². The van der Waals surface area contributed by atoms with E-state index < -0.39 is 6.04 Å². The van der Waals surface area contributed by atoms with E-state index in [1.54, 1.807) is 0 Å². The first-order chi connectivity index (χ1) is 7.96. The quantitative estimate of drug-likeness (QED) is 0.628. The van der Waals surface area contributed by atoms with Crippen LogP contribution in [0.1, 0.15) is 38.5 Å². The summed E-state index contributed by atoms with van der Waals surface area (Å²) in [6.45, 7) is 0. The van der Waals surface area contributed by atoms with Crippen LogP contribution in [0.2, 0.25) is 0 Å². The topological polar surface area (TPSA) is 52.3 Å². The lowest BCUT2D eigenvalue weighted by Crippen LogP contribution is -2.61. The molecular weight excluding hydrogens is 282 g/mol. The van der Waals surface area contributed by atoms with E-state index in [0.717, 1.165) is 31.1 Å². The first kappa shape index (κ1) is 12.0. The van der Waals surface area contributed by atoms with Gasteiger partial charge in [-0.2, -0.15) is 0 Å². The number of carbonyl (C=O) groups excluding carboxylic acids is 1. The van der Waals surface area contributed by atoms with Crippen molar-refractivity contribution in [2.45, 2.75) is 48.9 Å². The highest BCUT2D eigenvalue weighted by atomic mass is 79.9. The van der Waals surface area contributed by atoms with Crippen molar-refractivity contribution in [3.05, 3.63) is 0 Å². The number of hydrogen-bond acceptors (Lipinski definition) is 3. The van der Waals surface area contributed by atoms with Crippen LogP contribution in [0.5, 0.6) is 0 Å². The second kappa shape index (κ2) is 3.70. The van der Waals surface area contributed by atoms with E-state index in [2.05, 4.69) is 15.9 Å². The SMILES string of the molecule is COC(=O)[C@H](N)C12C[C@H]3C[C@@H](CC(Br)(C3)C1)C2. The Morgan fingerprint density at radius 3 is 2.41 bits per heavy atom. The molecular formula is C13H20BrNO2. The molecule has 0 radical (unpaired) electrons. The molecule has 3 nitrogen and oxygen atoms in total. The summed E-state index contributed by atoms with van der Waals surface area (Å²) in [5, 5.41) is 0. The van der Waals surface area contributed by atoms with Gasteiger partial charge in [-0.15, -0.1) is 0 Å². The van der Waals surface area contributed by atoms with Crippen molar-refractivity contribution in [2.24, 2.45) is 23.0 Å². The number of carbonyl (C=O) groups is 1. The Labute approximate surface area is 111 Å². The zero-order chi connectivity index (χ0) is 12.3. The standard InChI is InChI=1S/C13H20BrNO2/c1-17-11(16)10(15)12-3-8-2-9(4-12)6-13(14,5-8)7-12/h8-10H,2-7,15H2,1H3/t8-,9-,10+,12?,13?/m1/s1. The van der Waals surface area contributed by atoms with Gasteiger partial charge in [0.1, 0.15) is 6.04 Å². The number of nitrogens with two attached hydrogens (primary N) is 1. The van der Waals surface area contributed by atoms with Crippen molar-refractivity contribution in [3.8, 4) is 0 Å². The molecule has 4 fully saturated rings. The van der Waals surface area contributed by atoms with Gasteiger partial charge in [0.2, 0.25) is 0 Å². The zero-order valence-electron chi connectivity index (χ0n) is 10.2. The van der Waals surface area contributed by atoms with Gasteiger partial charge in [-0.25, -0.2) is 0 Å². The molecule has 0 spiro atoms. The molecule has 17 heavy (non-hydrogen) atoms. The number of methoxy groups -OCH3 is 1. The number of halogens is 1. The Balaban J connectivity index is 1.90. The molecule has 4 bridgehead atoms. The van der Waals surface area contributed by atoms with Crippen molar-refractivity contribution >= 4 is 21.9 Å². The molecule has 4 rings (SSSR count). The Bertz CT molecular complexity index is 343. The van der Waals surface area contributed by atoms with Gasteiger partial charge in [-0.1, -0.05) is 15.9 Å². The summed E-state index contributed by atoms with van der Waals surface area (Å²) in [5.74, 6) is 1.28. The second-order valence-corrected chi connectivity index (χ2v) is 8.16. The number of hydrogen-bond donors (Lipinski definition) is 1. The van der Waals surface area contributed by atoms with E-state index in [1.807, 2.05) is 0 Å².